The van der Waals surface area contributed by atoms with Crippen LogP contribution in [0.2, 0.25) is 0 Å². The highest BCUT2D eigenvalue weighted by Gasteiger charge is 2.27. The van der Waals surface area contributed by atoms with Gasteiger partial charge in [0.25, 0.3) is 5.69 Å². The van der Waals surface area contributed by atoms with Gasteiger partial charge in [-0.1, -0.05) is 0 Å². The third-order valence-electron chi connectivity index (χ3n) is 2.60. The van der Waals surface area contributed by atoms with E-state index >= 15 is 0 Å². The lowest BCUT2D eigenvalue weighted by molar-refractivity contribution is -0.384. The maximum Gasteiger partial charge on any atom is 0.338 e. The normalized spacial score (nSPS) is 11.0. The topological polar surface area (TPSA) is 136 Å². The molecule has 0 spiro atoms. The lowest BCUT2D eigenvalue weighted by atomic mass is 9.99. The molecule has 0 aliphatic carbocycles. The van der Waals surface area contributed by atoms with Crippen molar-refractivity contribution in [2.75, 3.05) is 5.32 Å². The molecule has 114 valence electrons. The van der Waals surface area contributed by atoms with Crippen molar-refractivity contribution in [3.8, 4) is 0 Å². The summed E-state index contributed by atoms with van der Waals surface area (Å²) in [5, 5.41) is 22.4. The number of amides is 1. The van der Waals surface area contributed by atoms with Crippen molar-refractivity contribution in [1.82, 2.24) is 0 Å². The minimum absolute atomic E-state index is 0.149. The quantitative estimate of drug-likeness (QED) is 0.538. The molecule has 0 bridgehead atoms. The predicted molar refractivity (Wildman–Crippen MR) is 71.5 cm³/mol. The number of hydrogen-bond donors (Lipinski definition) is 3. The second-order valence-electron chi connectivity index (χ2n) is 5.06. The molecular weight excluding hydrogens is 285 g/mol. The molecule has 0 aliphatic heterocycles. The van der Waals surface area contributed by atoms with Crippen molar-refractivity contribution in [3.05, 3.63) is 33.6 Å². The summed E-state index contributed by atoms with van der Waals surface area (Å²) in [5.41, 5.74) is 2.55. The van der Waals surface area contributed by atoms with Crippen LogP contribution in [0.15, 0.2) is 12.1 Å². The van der Waals surface area contributed by atoms with Crippen LogP contribution < -0.4 is 11.1 Å². The van der Waals surface area contributed by atoms with E-state index in [1.165, 1.54) is 0 Å². The minimum atomic E-state index is -1.56. The van der Waals surface area contributed by atoms with Gasteiger partial charge in [-0.05, 0) is 19.9 Å². The lowest BCUT2D eigenvalue weighted by Gasteiger charge is -2.26. The molecule has 1 aromatic carbocycles. The number of primary amides is 1. The molecule has 0 aromatic heterocycles. The van der Waals surface area contributed by atoms with Gasteiger partial charge in [-0.3, -0.25) is 14.9 Å². The first-order valence-electron chi connectivity index (χ1n) is 5.81. The first-order valence-corrected chi connectivity index (χ1v) is 5.81. The Hall–Kier alpha value is -2.71. The number of aromatic carboxylic acids is 1. The van der Waals surface area contributed by atoms with Gasteiger partial charge in [0.2, 0.25) is 5.91 Å². The van der Waals surface area contributed by atoms with Crippen LogP contribution in [0.3, 0.4) is 0 Å². The molecule has 4 N–H and O–H groups in total. The number of carbonyl (C=O) groups is 2. The lowest BCUT2D eigenvalue weighted by Crippen LogP contribution is -2.36. The van der Waals surface area contributed by atoms with Gasteiger partial charge < -0.3 is 16.2 Å². The summed E-state index contributed by atoms with van der Waals surface area (Å²) >= 11 is 0. The number of nitro benzene ring substituents is 1. The number of rotatable bonds is 6. The number of benzene rings is 1. The average Bonchev–Trinajstić information content (AvgIpc) is 2.27. The number of carboxylic acid groups (broad SMARTS) is 1. The van der Waals surface area contributed by atoms with Crippen molar-refractivity contribution in [2.45, 2.75) is 25.8 Å². The van der Waals surface area contributed by atoms with Crippen LogP contribution in [-0.4, -0.2) is 27.4 Å². The van der Waals surface area contributed by atoms with E-state index in [1.54, 1.807) is 13.8 Å². The van der Waals surface area contributed by atoms with Gasteiger partial charge >= 0.3 is 5.97 Å². The molecule has 0 heterocycles. The largest absolute Gasteiger partial charge is 0.478 e. The Kier molecular flexibility index (Phi) is 4.46. The zero-order valence-electron chi connectivity index (χ0n) is 11.3. The predicted octanol–water partition coefficient (Wildman–Crippen LogP) is 1.50. The second-order valence-corrected chi connectivity index (χ2v) is 5.06. The van der Waals surface area contributed by atoms with Crippen molar-refractivity contribution >= 4 is 23.3 Å². The third kappa shape index (κ3) is 4.13. The summed E-state index contributed by atoms with van der Waals surface area (Å²) in [6.07, 6.45) is -0.149. The first kappa shape index (κ1) is 16.3. The van der Waals surface area contributed by atoms with E-state index < -0.39 is 39.4 Å². The van der Waals surface area contributed by atoms with Crippen molar-refractivity contribution < 1.29 is 24.0 Å². The number of nitro groups is 1. The molecule has 0 radical (unpaired) electrons. The number of nitrogens with one attached hydrogen (secondary N) is 1. The van der Waals surface area contributed by atoms with Crippen molar-refractivity contribution in [1.29, 1.82) is 0 Å². The van der Waals surface area contributed by atoms with Crippen LogP contribution in [-0.2, 0) is 4.79 Å². The van der Waals surface area contributed by atoms with Crippen molar-refractivity contribution in [3.63, 3.8) is 0 Å². The smallest absolute Gasteiger partial charge is 0.338 e. The van der Waals surface area contributed by atoms with E-state index in [4.69, 9.17) is 10.8 Å². The zero-order valence-corrected chi connectivity index (χ0v) is 11.3. The highest BCUT2D eigenvalue weighted by molar-refractivity contribution is 5.90. The van der Waals surface area contributed by atoms with Gasteiger partial charge in [0.15, 0.2) is 0 Å². The Morgan fingerprint density at radius 2 is 2.05 bits per heavy atom. The van der Waals surface area contributed by atoms with E-state index in [0.29, 0.717) is 6.07 Å². The van der Waals surface area contributed by atoms with Crippen LogP contribution in [0.4, 0.5) is 15.8 Å². The molecule has 8 nitrogen and oxygen atoms in total. The molecule has 21 heavy (non-hydrogen) atoms. The number of nitrogens with zero attached hydrogens (tertiary/aromatic N) is 1. The molecule has 0 unspecified atom stereocenters. The first-order chi connectivity index (χ1) is 9.53. The molecule has 1 amide bonds. The fourth-order valence-electron chi connectivity index (χ4n) is 1.82. The maximum atomic E-state index is 13.5. The Balaban J connectivity index is 3.32. The Morgan fingerprint density at radius 1 is 1.48 bits per heavy atom. The number of carbonyl (C=O) groups excluding carboxylic acids is 1. The minimum Gasteiger partial charge on any atom is -0.478 e. The van der Waals surface area contributed by atoms with Crippen molar-refractivity contribution in [2.24, 2.45) is 5.73 Å². The molecule has 0 aliphatic rings. The summed E-state index contributed by atoms with van der Waals surface area (Å²) in [7, 11) is 0. The fraction of sp³-hybridized carbons (Fsp3) is 0.333. The molecule has 1 aromatic rings. The Bertz CT molecular complexity index is 615. The standard InChI is InChI=1S/C12H14FN3O5/c1-12(2,5-10(14)17)15-8-3-6(11(18)19)7(13)4-9(8)16(20)21/h3-4,15H,5H2,1-2H3,(H2,14,17)(H,18,19). The van der Waals surface area contributed by atoms with Gasteiger partial charge in [-0.2, -0.15) is 0 Å². The van der Waals surface area contributed by atoms with Crippen LogP contribution >= 0.6 is 0 Å². The van der Waals surface area contributed by atoms with Crippen LogP contribution in [0.1, 0.15) is 30.6 Å². The van der Waals surface area contributed by atoms with E-state index in [0.717, 1.165) is 6.07 Å². The molecule has 1 rings (SSSR count). The highest BCUT2D eigenvalue weighted by Crippen LogP contribution is 2.31. The Labute approximate surface area is 118 Å². The summed E-state index contributed by atoms with van der Waals surface area (Å²) < 4.78 is 13.5. The summed E-state index contributed by atoms with van der Waals surface area (Å²) in [5.74, 6) is -3.42. The summed E-state index contributed by atoms with van der Waals surface area (Å²) in [6, 6.07) is 1.34. The van der Waals surface area contributed by atoms with Crippen LogP contribution in [0, 0.1) is 15.9 Å². The number of hydrogen-bond acceptors (Lipinski definition) is 5. The molecular formula is C12H14FN3O5. The highest BCUT2D eigenvalue weighted by atomic mass is 19.1. The molecule has 0 saturated carbocycles. The van der Waals surface area contributed by atoms with Crippen LogP contribution in [0.25, 0.3) is 0 Å². The fourth-order valence-corrected chi connectivity index (χ4v) is 1.82. The van der Waals surface area contributed by atoms with E-state index in [1.807, 2.05) is 0 Å². The van der Waals surface area contributed by atoms with Gasteiger partial charge in [0, 0.05) is 12.0 Å². The molecule has 9 heteroatoms. The molecule has 0 saturated heterocycles. The summed E-state index contributed by atoms with van der Waals surface area (Å²) in [4.78, 5) is 31.9. The monoisotopic (exact) mass is 299 g/mol. The number of nitrogens with two attached hydrogens (primary N) is 1. The van der Waals surface area contributed by atoms with E-state index in [9.17, 15) is 24.1 Å². The van der Waals surface area contributed by atoms with E-state index in [2.05, 4.69) is 5.32 Å². The number of anilines is 1. The van der Waals surface area contributed by atoms with Crippen LogP contribution in [0.5, 0.6) is 0 Å². The number of halogens is 1. The van der Waals surface area contributed by atoms with Gasteiger partial charge in [-0.25, -0.2) is 9.18 Å². The van der Waals surface area contributed by atoms with Gasteiger partial charge in [-0.15, -0.1) is 0 Å². The van der Waals surface area contributed by atoms with Gasteiger partial charge in [0.1, 0.15) is 11.5 Å². The zero-order chi connectivity index (χ0) is 16.4. The summed E-state index contributed by atoms with van der Waals surface area (Å²) in [6.45, 7) is 3.09. The molecule has 0 atom stereocenters. The van der Waals surface area contributed by atoms with Gasteiger partial charge in [0.05, 0.1) is 16.6 Å². The SMILES string of the molecule is CC(C)(CC(N)=O)Nc1cc(C(=O)O)c(F)cc1[N+](=O)[O-]. The molecule has 0 fully saturated rings. The van der Waals surface area contributed by atoms with E-state index in [-0.39, 0.29) is 12.1 Å². The Morgan fingerprint density at radius 3 is 2.48 bits per heavy atom. The maximum absolute atomic E-state index is 13.5. The number of carboxylic acids is 1. The third-order valence-corrected chi connectivity index (χ3v) is 2.60. The average molecular weight is 299 g/mol. The second kappa shape index (κ2) is 5.73.